The van der Waals surface area contributed by atoms with Crippen LogP contribution in [0.4, 0.5) is 8.78 Å². The summed E-state index contributed by atoms with van der Waals surface area (Å²) in [6, 6.07) is 3.93. The van der Waals surface area contributed by atoms with E-state index in [1.165, 1.54) is 6.07 Å². The predicted octanol–water partition coefficient (Wildman–Crippen LogP) is 3.07. The Balaban J connectivity index is 2.25. The van der Waals surface area contributed by atoms with Gasteiger partial charge in [0.15, 0.2) is 0 Å². The van der Waals surface area contributed by atoms with Crippen molar-refractivity contribution in [1.29, 1.82) is 0 Å². The minimum absolute atomic E-state index is 0.204. The van der Waals surface area contributed by atoms with Crippen molar-refractivity contribution in [1.82, 2.24) is 5.32 Å². The molecule has 1 N–H and O–H groups in total. The summed E-state index contributed by atoms with van der Waals surface area (Å²) in [5.74, 6) is -0.222. The van der Waals surface area contributed by atoms with Crippen LogP contribution >= 0.6 is 0 Å². The van der Waals surface area contributed by atoms with E-state index in [1.807, 2.05) is 0 Å². The molecule has 1 fully saturated rings. The lowest BCUT2D eigenvalue weighted by atomic mass is 9.83. The lowest BCUT2D eigenvalue weighted by Gasteiger charge is -2.22. The molecule has 1 heterocycles. The molecule has 0 spiro atoms. The van der Waals surface area contributed by atoms with Gasteiger partial charge in [-0.3, -0.25) is 0 Å². The molecule has 2 rings (SSSR count). The Morgan fingerprint density at radius 2 is 2.25 bits per heavy atom. The van der Waals surface area contributed by atoms with Crippen molar-refractivity contribution >= 4 is 0 Å². The highest BCUT2D eigenvalue weighted by molar-refractivity contribution is 5.23. The van der Waals surface area contributed by atoms with Crippen molar-refractivity contribution < 1.29 is 8.78 Å². The average Bonchev–Trinajstić information content (AvgIpc) is 2.75. The number of hydrogen-bond donors (Lipinski definition) is 1. The zero-order valence-electron chi connectivity index (χ0n) is 9.47. The molecule has 0 saturated carbocycles. The molecule has 0 aliphatic carbocycles. The second kappa shape index (κ2) is 4.91. The van der Waals surface area contributed by atoms with Crippen LogP contribution in [0.15, 0.2) is 18.2 Å². The van der Waals surface area contributed by atoms with Gasteiger partial charge in [0.2, 0.25) is 0 Å². The molecule has 3 heteroatoms. The van der Waals surface area contributed by atoms with Crippen molar-refractivity contribution in [3.8, 4) is 0 Å². The van der Waals surface area contributed by atoms with Gasteiger partial charge in [-0.25, -0.2) is 8.78 Å². The molecule has 0 amide bonds. The number of hydrogen-bond acceptors (Lipinski definition) is 1. The molecule has 16 heavy (non-hydrogen) atoms. The van der Waals surface area contributed by atoms with Gasteiger partial charge in [-0.15, -0.1) is 0 Å². The van der Waals surface area contributed by atoms with E-state index in [4.69, 9.17) is 0 Å². The van der Waals surface area contributed by atoms with Crippen molar-refractivity contribution in [2.24, 2.45) is 5.92 Å². The second-order valence-electron chi connectivity index (χ2n) is 4.43. The van der Waals surface area contributed by atoms with Gasteiger partial charge in [0, 0.05) is 6.07 Å². The molecule has 0 bridgehead atoms. The maximum Gasteiger partial charge on any atom is 0.129 e. The molecular formula is C13H17F2N. The summed E-state index contributed by atoms with van der Waals surface area (Å²) in [7, 11) is 0. The highest BCUT2D eigenvalue weighted by Gasteiger charge is 2.26. The van der Waals surface area contributed by atoms with E-state index in [2.05, 4.69) is 12.2 Å². The number of halogens is 2. The first-order chi connectivity index (χ1) is 7.72. The minimum atomic E-state index is -0.499. The molecule has 88 valence electrons. The minimum Gasteiger partial charge on any atom is -0.316 e. The number of rotatable bonds is 3. The highest BCUT2D eigenvalue weighted by atomic mass is 19.1. The highest BCUT2D eigenvalue weighted by Crippen LogP contribution is 2.33. The predicted molar refractivity (Wildman–Crippen MR) is 60.4 cm³/mol. The molecule has 1 aliphatic heterocycles. The molecule has 2 unspecified atom stereocenters. The summed E-state index contributed by atoms with van der Waals surface area (Å²) < 4.78 is 26.5. The van der Waals surface area contributed by atoms with E-state index >= 15 is 0 Å². The smallest absolute Gasteiger partial charge is 0.129 e. The Bertz CT molecular complexity index is 359. The lowest BCUT2D eigenvalue weighted by molar-refractivity contribution is 0.427. The standard InChI is InChI=1S/C13H17F2N/c1-2-11(9-5-6-16-8-9)12-4-3-10(14)7-13(12)15/h3-4,7,9,11,16H,2,5-6,8H2,1H3. The second-order valence-corrected chi connectivity index (χ2v) is 4.43. The fraction of sp³-hybridized carbons (Fsp3) is 0.538. The molecule has 0 aromatic heterocycles. The summed E-state index contributed by atoms with van der Waals surface area (Å²) in [5.41, 5.74) is 0.664. The van der Waals surface area contributed by atoms with Crippen LogP contribution in [0.2, 0.25) is 0 Å². The van der Waals surface area contributed by atoms with Crippen LogP contribution in [0.1, 0.15) is 31.2 Å². The molecule has 1 saturated heterocycles. The normalized spacial score (nSPS) is 22.3. The van der Waals surface area contributed by atoms with E-state index in [0.717, 1.165) is 32.0 Å². The Morgan fingerprint density at radius 3 is 2.81 bits per heavy atom. The topological polar surface area (TPSA) is 12.0 Å². The van der Waals surface area contributed by atoms with Gasteiger partial charge >= 0.3 is 0 Å². The third kappa shape index (κ3) is 2.24. The van der Waals surface area contributed by atoms with Crippen LogP contribution < -0.4 is 5.32 Å². The van der Waals surface area contributed by atoms with Gasteiger partial charge in [-0.2, -0.15) is 0 Å². The van der Waals surface area contributed by atoms with Crippen LogP contribution in [0, 0.1) is 17.6 Å². The molecule has 1 aromatic rings. The SMILES string of the molecule is CCC(c1ccc(F)cc1F)C1CCNC1. The molecule has 1 aromatic carbocycles. The summed E-state index contributed by atoms with van der Waals surface area (Å²) in [4.78, 5) is 0. The first kappa shape index (κ1) is 11.5. The van der Waals surface area contributed by atoms with Gasteiger partial charge in [0.25, 0.3) is 0 Å². The Morgan fingerprint density at radius 1 is 1.44 bits per heavy atom. The molecule has 2 atom stereocenters. The maximum absolute atomic E-state index is 13.7. The molecule has 1 aliphatic rings. The Labute approximate surface area is 94.9 Å². The van der Waals surface area contributed by atoms with E-state index in [1.54, 1.807) is 6.07 Å². The van der Waals surface area contributed by atoms with E-state index in [0.29, 0.717) is 11.5 Å². The van der Waals surface area contributed by atoms with Crippen molar-refractivity contribution in [3.05, 3.63) is 35.4 Å². The third-order valence-corrected chi connectivity index (χ3v) is 3.47. The third-order valence-electron chi connectivity index (χ3n) is 3.47. The Kier molecular flexibility index (Phi) is 3.54. The van der Waals surface area contributed by atoms with E-state index < -0.39 is 11.6 Å². The summed E-state index contributed by atoms with van der Waals surface area (Å²) in [5, 5.41) is 3.29. The van der Waals surface area contributed by atoms with Crippen molar-refractivity contribution in [3.63, 3.8) is 0 Å². The van der Waals surface area contributed by atoms with Gasteiger partial charge in [0.05, 0.1) is 0 Å². The van der Waals surface area contributed by atoms with Crippen molar-refractivity contribution in [2.45, 2.75) is 25.7 Å². The fourth-order valence-electron chi connectivity index (χ4n) is 2.63. The van der Waals surface area contributed by atoms with Crippen LogP contribution in [0.25, 0.3) is 0 Å². The molecule has 1 nitrogen and oxygen atoms in total. The quantitative estimate of drug-likeness (QED) is 0.833. The molecule has 0 radical (unpaired) electrons. The van der Waals surface area contributed by atoms with Crippen molar-refractivity contribution in [2.75, 3.05) is 13.1 Å². The monoisotopic (exact) mass is 225 g/mol. The van der Waals surface area contributed by atoms with Gasteiger partial charge in [-0.1, -0.05) is 13.0 Å². The summed E-state index contributed by atoms with van der Waals surface area (Å²) >= 11 is 0. The van der Waals surface area contributed by atoms with E-state index in [-0.39, 0.29) is 5.92 Å². The number of nitrogens with one attached hydrogen (secondary N) is 1. The van der Waals surface area contributed by atoms with Crippen LogP contribution in [-0.2, 0) is 0 Å². The largest absolute Gasteiger partial charge is 0.316 e. The zero-order chi connectivity index (χ0) is 11.5. The summed E-state index contributed by atoms with van der Waals surface area (Å²) in [6.07, 6.45) is 1.98. The summed E-state index contributed by atoms with van der Waals surface area (Å²) in [6.45, 7) is 4.01. The maximum atomic E-state index is 13.7. The van der Waals surface area contributed by atoms with Crippen LogP contribution in [0.3, 0.4) is 0 Å². The zero-order valence-corrected chi connectivity index (χ0v) is 9.47. The van der Waals surface area contributed by atoms with Gasteiger partial charge in [0.1, 0.15) is 11.6 Å². The van der Waals surface area contributed by atoms with Gasteiger partial charge < -0.3 is 5.32 Å². The van der Waals surface area contributed by atoms with Crippen LogP contribution in [0.5, 0.6) is 0 Å². The Hall–Kier alpha value is -0.960. The van der Waals surface area contributed by atoms with E-state index in [9.17, 15) is 8.78 Å². The number of benzene rings is 1. The fourth-order valence-corrected chi connectivity index (χ4v) is 2.63. The first-order valence-corrected chi connectivity index (χ1v) is 5.88. The lowest BCUT2D eigenvalue weighted by Crippen LogP contribution is -2.17. The van der Waals surface area contributed by atoms with Gasteiger partial charge in [-0.05, 0) is 49.4 Å². The average molecular weight is 225 g/mol. The first-order valence-electron chi connectivity index (χ1n) is 5.88. The van der Waals surface area contributed by atoms with Crippen LogP contribution in [-0.4, -0.2) is 13.1 Å². The molecular weight excluding hydrogens is 208 g/mol.